The summed E-state index contributed by atoms with van der Waals surface area (Å²) in [5.41, 5.74) is 0.0770. The zero-order valence-electron chi connectivity index (χ0n) is 19.2. The normalized spacial score (nSPS) is 22.4. The molecule has 2 N–H and O–H groups in total. The second-order valence-corrected chi connectivity index (χ2v) is 9.21. The molecule has 3 aromatic heterocycles. The third-order valence-corrected chi connectivity index (χ3v) is 6.62. The average Bonchev–Trinajstić information content (AvgIpc) is 3.14. The third kappa shape index (κ3) is 3.90. The maximum atomic E-state index is 13.9. The molecule has 11 nitrogen and oxygen atoms in total. The summed E-state index contributed by atoms with van der Waals surface area (Å²) in [5.74, 6) is -1.68. The van der Waals surface area contributed by atoms with E-state index in [1.165, 1.54) is 24.9 Å². The Balaban J connectivity index is 1.25. The van der Waals surface area contributed by atoms with E-state index in [4.69, 9.17) is 10.00 Å². The Hall–Kier alpha value is -4.47. The second-order valence-electron chi connectivity index (χ2n) is 9.21. The number of ether oxygens (including phenoxy) is 1. The standard InChI is InChI=1S/C23H20F2N8O3/c1-12(15-5-13(24)6-28-18(15)25)36-21(35)30-19-17(31-32-33(19)2)16-4-3-14(7-27-16)29-20(34)23-8-22(9-23,10-23)11-26/h3-7,12H,8-10H2,1-2H3,(H,29,34)(H,30,35)/t12-,22?,23?/m1/s1. The molecule has 13 heteroatoms. The molecule has 3 aromatic rings. The molecule has 3 fully saturated rings. The van der Waals surface area contributed by atoms with Gasteiger partial charge in [-0.2, -0.15) is 9.65 Å². The number of nitrogens with one attached hydrogen (secondary N) is 2. The van der Waals surface area contributed by atoms with Crippen LogP contribution in [0.4, 0.5) is 25.1 Å². The smallest absolute Gasteiger partial charge is 0.413 e. The van der Waals surface area contributed by atoms with Gasteiger partial charge in [-0.15, -0.1) is 5.10 Å². The second kappa shape index (κ2) is 8.33. The van der Waals surface area contributed by atoms with Crippen LogP contribution in [-0.2, 0) is 16.6 Å². The van der Waals surface area contributed by atoms with Gasteiger partial charge in [0.1, 0.15) is 11.9 Å². The number of hydrogen-bond donors (Lipinski definition) is 2. The maximum Gasteiger partial charge on any atom is 0.413 e. The zero-order chi connectivity index (χ0) is 25.7. The van der Waals surface area contributed by atoms with Gasteiger partial charge in [0, 0.05) is 7.05 Å². The number of nitriles is 1. The fourth-order valence-corrected chi connectivity index (χ4v) is 4.76. The van der Waals surface area contributed by atoms with Crippen LogP contribution < -0.4 is 10.6 Å². The first-order chi connectivity index (χ1) is 17.1. The van der Waals surface area contributed by atoms with Gasteiger partial charge in [0.15, 0.2) is 11.5 Å². The number of nitrogens with zero attached hydrogens (tertiary/aromatic N) is 6. The van der Waals surface area contributed by atoms with Crippen LogP contribution >= 0.6 is 0 Å². The minimum absolute atomic E-state index is 0.127. The topological polar surface area (TPSA) is 148 Å². The van der Waals surface area contributed by atoms with Gasteiger partial charge in [-0.05, 0) is 44.4 Å². The Morgan fingerprint density at radius 3 is 2.61 bits per heavy atom. The van der Waals surface area contributed by atoms with Gasteiger partial charge in [0.05, 0.1) is 46.2 Å². The van der Waals surface area contributed by atoms with Crippen molar-refractivity contribution in [1.29, 1.82) is 5.26 Å². The number of rotatable bonds is 6. The van der Waals surface area contributed by atoms with E-state index in [2.05, 4.69) is 37.0 Å². The monoisotopic (exact) mass is 494 g/mol. The number of aromatic nitrogens is 5. The molecule has 6 rings (SSSR count). The lowest BCUT2D eigenvalue weighted by molar-refractivity contribution is -0.179. The number of hydrogen-bond acceptors (Lipinski definition) is 8. The number of anilines is 2. The molecule has 2 amide bonds. The number of pyridine rings is 2. The average molecular weight is 494 g/mol. The molecule has 2 bridgehead atoms. The molecule has 0 saturated heterocycles. The van der Waals surface area contributed by atoms with Gasteiger partial charge in [-0.25, -0.2) is 18.9 Å². The predicted molar refractivity (Wildman–Crippen MR) is 120 cm³/mol. The summed E-state index contributed by atoms with van der Waals surface area (Å²) < 4.78 is 33.7. The summed E-state index contributed by atoms with van der Waals surface area (Å²) in [4.78, 5) is 32.6. The molecular weight excluding hydrogens is 474 g/mol. The fraction of sp³-hybridized carbons (Fsp3) is 0.348. The van der Waals surface area contributed by atoms with E-state index < -0.39 is 29.4 Å². The predicted octanol–water partition coefficient (Wildman–Crippen LogP) is 3.49. The number of carbonyl (C=O) groups is 2. The lowest BCUT2D eigenvalue weighted by Crippen LogP contribution is -2.65. The molecule has 3 saturated carbocycles. The van der Waals surface area contributed by atoms with E-state index >= 15 is 0 Å². The first-order valence-corrected chi connectivity index (χ1v) is 11.0. The van der Waals surface area contributed by atoms with Crippen molar-refractivity contribution in [2.45, 2.75) is 32.3 Å². The molecule has 0 radical (unpaired) electrons. The van der Waals surface area contributed by atoms with Crippen LogP contribution in [0.1, 0.15) is 37.9 Å². The van der Waals surface area contributed by atoms with E-state index in [0.717, 1.165) is 12.3 Å². The minimum Gasteiger partial charge on any atom is -0.441 e. The van der Waals surface area contributed by atoms with Crippen molar-refractivity contribution in [2.24, 2.45) is 17.9 Å². The summed E-state index contributed by atoms with van der Waals surface area (Å²) in [5, 5.41) is 22.4. The molecule has 3 aliphatic rings. The molecule has 0 aromatic carbocycles. The molecule has 184 valence electrons. The van der Waals surface area contributed by atoms with Crippen LogP contribution in [0.25, 0.3) is 11.4 Å². The van der Waals surface area contributed by atoms with E-state index in [9.17, 15) is 18.4 Å². The van der Waals surface area contributed by atoms with E-state index in [-0.39, 0.29) is 28.4 Å². The van der Waals surface area contributed by atoms with Crippen molar-refractivity contribution in [2.75, 3.05) is 10.6 Å². The van der Waals surface area contributed by atoms with Crippen molar-refractivity contribution in [3.05, 3.63) is 47.9 Å². The fourth-order valence-electron chi connectivity index (χ4n) is 4.76. The number of aryl methyl sites for hydroxylation is 1. The number of amides is 2. The van der Waals surface area contributed by atoms with Crippen LogP contribution in [0.3, 0.4) is 0 Å². The Morgan fingerprint density at radius 1 is 1.19 bits per heavy atom. The molecule has 0 spiro atoms. The highest BCUT2D eigenvalue weighted by Gasteiger charge is 2.72. The summed E-state index contributed by atoms with van der Waals surface area (Å²) in [7, 11) is 1.54. The highest BCUT2D eigenvalue weighted by atomic mass is 19.1. The van der Waals surface area contributed by atoms with Crippen molar-refractivity contribution in [1.82, 2.24) is 25.0 Å². The first-order valence-electron chi connectivity index (χ1n) is 11.0. The van der Waals surface area contributed by atoms with Crippen LogP contribution in [0.5, 0.6) is 0 Å². The van der Waals surface area contributed by atoms with Crippen molar-refractivity contribution in [3.63, 3.8) is 0 Å². The number of carbonyl (C=O) groups excluding carboxylic acids is 2. The Labute approximate surface area is 203 Å². The van der Waals surface area contributed by atoms with Crippen LogP contribution in [0.2, 0.25) is 0 Å². The highest BCUT2D eigenvalue weighted by molar-refractivity contribution is 5.98. The molecule has 0 unspecified atom stereocenters. The van der Waals surface area contributed by atoms with Gasteiger partial charge in [0.25, 0.3) is 0 Å². The molecule has 0 aliphatic heterocycles. The lowest BCUT2D eigenvalue weighted by atomic mass is 9.35. The summed E-state index contributed by atoms with van der Waals surface area (Å²) >= 11 is 0. The summed E-state index contributed by atoms with van der Waals surface area (Å²) in [6, 6.07) is 6.42. The highest BCUT2D eigenvalue weighted by Crippen LogP contribution is 2.73. The first kappa shape index (κ1) is 23.3. The van der Waals surface area contributed by atoms with Crippen LogP contribution in [-0.4, -0.2) is 37.0 Å². The minimum atomic E-state index is -1.12. The molecule has 3 heterocycles. The quantitative estimate of drug-likeness (QED) is 0.495. The third-order valence-electron chi connectivity index (χ3n) is 6.62. The van der Waals surface area contributed by atoms with Crippen molar-refractivity contribution in [3.8, 4) is 17.5 Å². The Kier molecular flexibility index (Phi) is 5.39. The van der Waals surface area contributed by atoms with E-state index in [0.29, 0.717) is 30.6 Å². The van der Waals surface area contributed by atoms with E-state index in [1.807, 2.05) is 0 Å². The van der Waals surface area contributed by atoms with Crippen LogP contribution in [0, 0.1) is 33.9 Å². The molecule has 36 heavy (non-hydrogen) atoms. The SMILES string of the molecule is C[C@@H](OC(=O)Nc1c(-c2ccc(NC(=O)C34CC(C#N)(C3)C4)cn2)nnn1C)c1cc(F)cnc1F. The van der Waals surface area contributed by atoms with Gasteiger partial charge in [-0.3, -0.25) is 15.1 Å². The van der Waals surface area contributed by atoms with E-state index in [1.54, 1.807) is 12.1 Å². The molecular formula is C23H20F2N8O3. The molecule has 1 atom stereocenters. The van der Waals surface area contributed by atoms with Gasteiger partial charge in [0.2, 0.25) is 11.9 Å². The maximum absolute atomic E-state index is 13.9. The van der Waals surface area contributed by atoms with Crippen LogP contribution in [0.15, 0.2) is 30.6 Å². The summed E-state index contributed by atoms with van der Waals surface area (Å²) in [6.07, 6.45) is 1.86. The largest absolute Gasteiger partial charge is 0.441 e. The van der Waals surface area contributed by atoms with Gasteiger partial charge < -0.3 is 10.1 Å². The summed E-state index contributed by atoms with van der Waals surface area (Å²) in [6.45, 7) is 1.38. The zero-order valence-corrected chi connectivity index (χ0v) is 19.2. The Bertz CT molecular complexity index is 1400. The van der Waals surface area contributed by atoms with Gasteiger partial charge in [-0.1, -0.05) is 5.21 Å². The lowest BCUT2D eigenvalue weighted by Gasteiger charge is -2.65. The Morgan fingerprint density at radius 2 is 1.94 bits per heavy atom. The number of halogens is 2. The van der Waals surface area contributed by atoms with Crippen molar-refractivity contribution >= 4 is 23.5 Å². The van der Waals surface area contributed by atoms with Crippen molar-refractivity contribution < 1.29 is 23.1 Å². The van der Waals surface area contributed by atoms with Gasteiger partial charge >= 0.3 is 6.09 Å². The molecule has 3 aliphatic carbocycles.